The highest BCUT2D eigenvalue weighted by atomic mass is 35.5. The van der Waals surface area contributed by atoms with Crippen LogP contribution < -0.4 is 11.1 Å². The van der Waals surface area contributed by atoms with E-state index in [0.29, 0.717) is 16.4 Å². The molecular formula is C6H7Cl2N3. The van der Waals surface area contributed by atoms with E-state index in [9.17, 15) is 0 Å². The lowest BCUT2D eigenvalue weighted by atomic mass is 10.3. The van der Waals surface area contributed by atoms with Gasteiger partial charge in [0.15, 0.2) is 5.15 Å². The summed E-state index contributed by atoms with van der Waals surface area (Å²) in [5, 5.41) is 3.55. The lowest BCUT2D eigenvalue weighted by Gasteiger charge is -2.06. The molecule has 1 aromatic heterocycles. The third kappa shape index (κ3) is 1.49. The average molecular weight is 192 g/mol. The molecule has 1 heterocycles. The number of nitrogens with two attached hydrogens (primary N) is 1. The Kier molecular flexibility index (Phi) is 2.42. The molecule has 0 aliphatic carbocycles. The first-order valence-corrected chi connectivity index (χ1v) is 3.69. The summed E-state index contributed by atoms with van der Waals surface area (Å²) in [4.78, 5) is 3.76. The molecule has 0 unspecified atom stereocenters. The molecular weight excluding hydrogens is 185 g/mol. The zero-order valence-electron chi connectivity index (χ0n) is 5.86. The van der Waals surface area contributed by atoms with E-state index in [1.54, 1.807) is 7.05 Å². The Morgan fingerprint density at radius 1 is 1.55 bits per heavy atom. The first-order chi connectivity index (χ1) is 5.16. The fourth-order valence-corrected chi connectivity index (χ4v) is 1.12. The predicted octanol–water partition coefficient (Wildman–Crippen LogP) is 2.01. The van der Waals surface area contributed by atoms with Crippen LogP contribution in [0.5, 0.6) is 0 Å². The fraction of sp³-hybridized carbons (Fsp3) is 0.167. The maximum Gasteiger partial charge on any atom is 0.154 e. The normalized spacial score (nSPS) is 9.73. The molecule has 1 aromatic rings. The van der Waals surface area contributed by atoms with E-state index in [2.05, 4.69) is 10.3 Å². The van der Waals surface area contributed by atoms with E-state index >= 15 is 0 Å². The van der Waals surface area contributed by atoms with Gasteiger partial charge in [0.25, 0.3) is 0 Å². The second-order valence-electron chi connectivity index (χ2n) is 1.94. The van der Waals surface area contributed by atoms with Gasteiger partial charge in [0.05, 0.1) is 16.4 Å². The van der Waals surface area contributed by atoms with Crippen LogP contribution >= 0.6 is 23.2 Å². The van der Waals surface area contributed by atoms with Crippen molar-refractivity contribution >= 4 is 34.6 Å². The lowest BCUT2D eigenvalue weighted by molar-refractivity contribution is 1.32. The molecule has 0 spiro atoms. The van der Waals surface area contributed by atoms with Crippen LogP contribution in [0.2, 0.25) is 10.2 Å². The fourth-order valence-electron chi connectivity index (χ4n) is 0.733. The van der Waals surface area contributed by atoms with Crippen LogP contribution in [0.1, 0.15) is 0 Å². The van der Waals surface area contributed by atoms with Gasteiger partial charge >= 0.3 is 0 Å². The molecule has 0 bridgehead atoms. The van der Waals surface area contributed by atoms with Crippen molar-refractivity contribution in [1.82, 2.24) is 4.98 Å². The quantitative estimate of drug-likeness (QED) is 0.669. The van der Waals surface area contributed by atoms with E-state index < -0.39 is 0 Å². The van der Waals surface area contributed by atoms with Crippen molar-refractivity contribution in [3.8, 4) is 0 Å². The van der Waals surface area contributed by atoms with Crippen LogP contribution in [-0.2, 0) is 0 Å². The number of hydrogen-bond acceptors (Lipinski definition) is 3. The molecule has 0 aliphatic rings. The number of rotatable bonds is 1. The standard InChI is InChI=1S/C6H7Cl2N3/c1-10-5-3(7)2-11-6(8)4(5)9/h2H,9H2,1H3,(H,10,11). The highest BCUT2D eigenvalue weighted by Crippen LogP contribution is 2.31. The van der Waals surface area contributed by atoms with Gasteiger partial charge in [-0.1, -0.05) is 23.2 Å². The molecule has 0 amide bonds. The van der Waals surface area contributed by atoms with Crippen molar-refractivity contribution < 1.29 is 0 Å². The van der Waals surface area contributed by atoms with Gasteiger partial charge < -0.3 is 11.1 Å². The number of hydrogen-bond donors (Lipinski definition) is 2. The summed E-state index contributed by atoms with van der Waals surface area (Å²) in [5.74, 6) is 0. The lowest BCUT2D eigenvalue weighted by Crippen LogP contribution is -1.98. The largest absolute Gasteiger partial charge is 0.395 e. The maximum absolute atomic E-state index is 5.74. The van der Waals surface area contributed by atoms with E-state index in [0.717, 1.165) is 0 Å². The second-order valence-corrected chi connectivity index (χ2v) is 2.70. The Hall–Kier alpha value is -0.670. The van der Waals surface area contributed by atoms with Crippen LogP contribution in [0.15, 0.2) is 6.20 Å². The third-order valence-electron chi connectivity index (χ3n) is 1.27. The SMILES string of the molecule is CNc1c(Cl)cnc(Cl)c1N. The van der Waals surface area contributed by atoms with Gasteiger partial charge in [-0.25, -0.2) is 4.98 Å². The summed E-state index contributed by atoms with van der Waals surface area (Å²) in [6.45, 7) is 0. The first-order valence-electron chi connectivity index (χ1n) is 2.94. The Bertz CT molecular complexity index is 275. The van der Waals surface area contributed by atoms with Gasteiger partial charge in [0.1, 0.15) is 0 Å². The smallest absolute Gasteiger partial charge is 0.154 e. The number of nitrogens with zero attached hydrogens (tertiary/aromatic N) is 1. The Labute approximate surface area is 74.5 Å². The Morgan fingerprint density at radius 2 is 2.18 bits per heavy atom. The summed E-state index contributed by atoms with van der Waals surface area (Å²) in [5.41, 5.74) is 6.55. The minimum atomic E-state index is 0.263. The van der Waals surface area contributed by atoms with E-state index in [1.807, 2.05) is 0 Å². The van der Waals surface area contributed by atoms with Gasteiger partial charge in [0, 0.05) is 13.2 Å². The van der Waals surface area contributed by atoms with Gasteiger partial charge in [-0.05, 0) is 0 Å². The molecule has 3 nitrogen and oxygen atoms in total. The van der Waals surface area contributed by atoms with Crippen molar-refractivity contribution in [2.45, 2.75) is 0 Å². The van der Waals surface area contributed by atoms with Crippen LogP contribution in [-0.4, -0.2) is 12.0 Å². The first kappa shape index (κ1) is 8.43. The second kappa shape index (κ2) is 3.15. The van der Waals surface area contributed by atoms with Crippen molar-refractivity contribution in [2.75, 3.05) is 18.1 Å². The van der Waals surface area contributed by atoms with Gasteiger partial charge in [-0.15, -0.1) is 0 Å². The van der Waals surface area contributed by atoms with Crippen LogP contribution in [0.25, 0.3) is 0 Å². The average Bonchev–Trinajstić information content (AvgIpc) is 1.99. The maximum atomic E-state index is 5.74. The monoisotopic (exact) mass is 191 g/mol. The minimum Gasteiger partial charge on any atom is -0.395 e. The summed E-state index contributed by atoms with van der Waals surface area (Å²) in [6, 6.07) is 0. The van der Waals surface area contributed by atoms with Gasteiger partial charge in [0.2, 0.25) is 0 Å². The molecule has 0 aromatic carbocycles. The van der Waals surface area contributed by atoms with Crippen LogP contribution in [0.3, 0.4) is 0 Å². The molecule has 1 rings (SSSR count). The molecule has 0 fully saturated rings. The number of nitrogens with one attached hydrogen (secondary N) is 1. The molecule has 0 radical (unpaired) electrons. The third-order valence-corrected chi connectivity index (χ3v) is 1.86. The summed E-state index contributed by atoms with van der Waals surface area (Å²) in [7, 11) is 1.72. The molecule has 60 valence electrons. The van der Waals surface area contributed by atoms with Crippen molar-refractivity contribution in [2.24, 2.45) is 0 Å². The van der Waals surface area contributed by atoms with Crippen LogP contribution in [0, 0.1) is 0 Å². The molecule has 3 N–H and O–H groups in total. The van der Waals surface area contributed by atoms with Gasteiger partial charge in [-0.3, -0.25) is 0 Å². The van der Waals surface area contributed by atoms with Crippen molar-refractivity contribution in [3.63, 3.8) is 0 Å². The van der Waals surface area contributed by atoms with Crippen molar-refractivity contribution in [1.29, 1.82) is 0 Å². The molecule has 0 atom stereocenters. The number of anilines is 2. The Balaban J connectivity index is 3.29. The topological polar surface area (TPSA) is 50.9 Å². The van der Waals surface area contributed by atoms with E-state index in [1.165, 1.54) is 6.20 Å². The van der Waals surface area contributed by atoms with E-state index in [4.69, 9.17) is 28.9 Å². The van der Waals surface area contributed by atoms with Crippen LogP contribution in [0.4, 0.5) is 11.4 Å². The highest BCUT2D eigenvalue weighted by molar-refractivity contribution is 6.36. The van der Waals surface area contributed by atoms with Crippen molar-refractivity contribution in [3.05, 3.63) is 16.4 Å². The predicted molar refractivity (Wildman–Crippen MR) is 48.2 cm³/mol. The van der Waals surface area contributed by atoms with Gasteiger partial charge in [-0.2, -0.15) is 0 Å². The Morgan fingerprint density at radius 3 is 2.64 bits per heavy atom. The number of halogens is 2. The summed E-state index contributed by atoms with van der Waals surface area (Å²) < 4.78 is 0. The van der Waals surface area contributed by atoms with E-state index in [-0.39, 0.29) is 5.15 Å². The number of pyridine rings is 1. The highest BCUT2D eigenvalue weighted by Gasteiger charge is 2.06. The molecule has 0 aliphatic heterocycles. The molecule has 0 saturated carbocycles. The molecule has 11 heavy (non-hydrogen) atoms. The number of aromatic nitrogens is 1. The molecule has 0 saturated heterocycles. The summed E-state index contributed by atoms with van der Waals surface area (Å²) >= 11 is 11.4. The zero-order chi connectivity index (χ0) is 8.43. The molecule has 5 heteroatoms. The number of nitrogen functional groups attached to an aromatic ring is 1. The minimum absolute atomic E-state index is 0.263. The summed E-state index contributed by atoms with van der Waals surface area (Å²) in [6.07, 6.45) is 1.45. The zero-order valence-corrected chi connectivity index (χ0v) is 7.37.